The molecule has 0 spiro atoms. The first-order valence-corrected chi connectivity index (χ1v) is 17.2. The Bertz CT molecular complexity index is 1330. The third-order valence-electron chi connectivity index (χ3n) is 8.07. The molecule has 8 rings (SSSR count). The second-order valence-corrected chi connectivity index (χ2v) is 11.6. The van der Waals surface area contributed by atoms with Crippen LogP contribution < -0.4 is 9.62 Å². The first kappa shape index (κ1) is 38.4. The van der Waals surface area contributed by atoms with Crippen molar-refractivity contribution in [2.45, 2.75) is 25.7 Å². The summed E-state index contributed by atoms with van der Waals surface area (Å²) in [4.78, 5) is 4.67. The molecule has 4 aromatic rings. The molecule has 2 saturated heterocycles. The molecule has 250 valence electrons. The summed E-state index contributed by atoms with van der Waals surface area (Å²) in [5.74, 6) is 4.42. The molecule has 0 aliphatic carbocycles. The average molecular weight is 783 g/mol. The number of hydrogen-bond acceptors (Lipinski definition) is 4. The van der Waals surface area contributed by atoms with Crippen LogP contribution in [0.5, 0.6) is 0 Å². The molecular formula is C42H46B2N2O2Sm-2. The number of allylic oxidation sites excluding steroid dienone is 6. The molecule has 4 nitrogen and oxygen atoms in total. The molecule has 49 heavy (non-hydrogen) atoms. The van der Waals surface area contributed by atoms with Gasteiger partial charge in [-0.05, 0) is 74.2 Å². The van der Waals surface area contributed by atoms with Crippen LogP contribution in [0, 0.1) is 53.0 Å². The van der Waals surface area contributed by atoms with Gasteiger partial charge in [-0.2, -0.15) is 12.2 Å². The molecule has 4 aliphatic heterocycles. The standard InChI is InChI=1S/2C17H15BN.2C4H8O.Sm/c2*1-4-10-16(11-5-1)19(17-12-6-2-7-13-17)18-14-8-3-9-15-18;2*1-2-4-5-3-1;/h2*1-15H;2*1-4H2;/q2*-1;;;. The molecule has 0 aromatic heterocycles. The summed E-state index contributed by atoms with van der Waals surface area (Å²) in [6.45, 7) is 4.52. The van der Waals surface area contributed by atoms with E-state index < -0.39 is 0 Å². The average Bonchev–Trinajstić information content (AvgIpc) is 3.96. The Balaban J connectivity index is 0.000000169. The van der Waals surface area contributed by atoms with Crippen molar-refractivity contribution in [1.29, 1.82) is 0 Å². The van der Waals surface area contributed by atoms with Gasteiger partial charge in [0.2, 0.25) is 13.7 Å². The molecular weight excluding hydrogens is 736 g/mol. The van der Waals surface area contributed by atoms with Crippen molar-refractivity contribution in [3.05, 3.63) is 182 Å². The van der Waals surface area contributed by atoms with E-state index in [9.17, 15) is 0 Å². The van der Waals surface area contributed by atoms with E-state index in [0.717, 1.165) is 26.4 Å². The monoisotopic (exact) mass is 784 g/mol. The number of ether oxygens (including phenoxy) is 2. The Morgan fingerprint density at radius 1 is 0.408 bits per heavy atom. The Morgan fingerprint density at radius 2 is 0.694 bits per heavy atom. The molecule has 7 heteroatoms. The summed E-state index contributed by atoms with van der Waals surface area (Å²) in [6.07, 6.45) is 22.1. The van der Waals surface area contributed by atoms with Crippen LogP contribution >= 0.6 is 0 Å². The Hall–Kier alpha value is -3.43. The summed E-state index contributed by atoms with van der Waals surface area (Å²) in [5, 5.41) is 0. The van der Waals surface area contributed by atoms with E-state index in [1.165, 1.54) is 48.4 Å². The van der Waals surface area contributed by atoms with E-state index in [-0.39, 0.29) is 54.1 Å². The molecule has 0 N–H and O–H groups in total. The fourth-order valence-corrected chi connectivity index (χ4v) is 5.67. The second kappa shape index (κ2) is 23.1. The topological polar surface area (TPSA) is 24.9 Å². The van der Waals surface area contributed by atoms with Crippen molar-refractivity contribution in [3.8, 4) is 0 Å². The summed E-state index contributed by atoms with van der Waals surface area (Å²) in [7, 11) is 0. The maximum atomic E-state index is 4.94. The summed E-state index contributed by atoms with van der Waals surface area (Å²) >= 11 is 0. The zero-order valence-electron chi connectivity index (χ0n) is 28.3. The van der Waals surface area contributed by atoms with E-state index in [0.29, 0.717) is 0 Å². The number of para-hydroxylation sites is 4. The minimum atomic E-state index is 0. The van der Waals surface area contributed by atoms with Gasteiger partial charge in [-0.25, -0.2) is 36.9 Å². The van der Waals surface area contributed by atoms with E-state index in [1.54, 1.807) is 0 Å². The Morgan fingerprint density at radius 3 is 0.898 bits per heavy atom. The number of anilines is 4. The van der Waals surface area contributed by atoms with Crippen LogP contribution in [0.25, 0.3) is 0 Å². The van der Waals surface area contributed by atoms with Crippen molar-refractivity contribution in [3.63, 3.8) is 0 Å². The minimum absolute atomic E-state index is 0. The summed E-state index contributed by atoms with van der Waals surface area (Å²) in [6, 6.07) is 42.0. The molecule has 0 atom stereocenters. The predicted molar refractivity (Wildman–Crippen MR) is 207 cm³/mol. The van der Waals surface area contributed by atoms with Gasteiger partial charge in [-0.15, -0.1) is 12.0 Å². The first-order chi connectivity index (χ1) is 23.9. The smallest absolute Gasteiger partial charge is 0.213 e. The van der Waals surface area contributed by atoms with Crippen molar-refractivity contribution in [2.24, 2.45) is 0 Å². The third-order valence-corrected chi connectivity index (χ3v) is 8.07. The van der Waals surface area contributed by atoms with Crippen LogP contribution in [0.1, 0.15) is 25.7 Å². The minimum Gasteiger partial charge on any atom is -0.396 e. The van der Waals surface area contributed by atoms with Gasteiger partial charge in [0.15, 0.2) is 0 Å². The molecule has 0 bridgehead atoms. The molecule has 0 saturated carbocycles. The van der Waals surface area contributed by atoms with Crippen molar-refractivity contribution >= 4 is 36.4 Å². The number of benzene rings is 4. The molecule has 4 aromatic carbocycles. The van der Waals surface area contributed by atoms with Gasteiger partial charge < -0.3 is 19.1 Å². The Labute approximate surface area is 327 Å². The SMILES string of the molecule is C1=C[CH-]B(N(c2ccccc2)c2ccccc2)C=C1.C1=C[CH-]B(N(c2ccccc2)c2ccccc2)C=C1.C1CCOC1.C1CCOC1.[Sm]. The van der Waals surface area contributed by atoms with Crippen molar-refractivity contribution < 1.29 is 49.9 Å². The van der Waals surface area contributed by atoms with Crippen molar-refractivity contribution in [1.82, 2.24) is 0 Å². The van der Waals surface area contributed by atoms with Gasteiger partial charge in [-0.3, -0.25) is 0 Å². The normalized spacial score (nSPS) is 15.1. The maximum absolute atomic E-state index is 4.94. The molecule has 4 heterocycles. The van der Waals surface area contributed by atoms with Crippen LogP contribution in [-0.4, -0.2) is 40.1 Å². The summed E-state index contributed by atoms with van der Waals surface area (Å²) in [5.41, 5.74) is 4.81. The molecule has 4 aliphatic rings. The quantitative estimate of drug-likeness (QED) is 0.144. The van der Waals surface area contributed by atoms with E-state index in [2.05, 4.69) is 168 Å². The first-order valence-electron chi connectivity index (χ1n) is 17.2. The maximum Gasteiger partial charge on any atom is 0.213 e. The molecule has 0 amide bonds. The van der Waals surface area contributed by atoms with E-state index in [4.69, 9.17) is 9.47 Å². The number of nitrogens with zero attached hydrogens (tertiary/aromatic N) is 2. The fraction of sp³-hybridized carbons (Fsp3) is 0.190. The van der Waals surface area contributed by atoms with E-state index >= 15 is 0 Å². The predicted octanol–water partition coefficient (Wildman–Crippen LogP) is 10.0. The number of hydrogen-bond donors (Lipinski definition) is 0. The van der Waals surface area contributed by atoms with Crippen LogP contribution in [0.4, 0.5) is 22.7 Å². The second-order valence-electron chi connectivity index (χ2n) is 11.6. The Kier molecular flexibility index (Phi) is 18.1. The largest absolute Gasteiger partial charge is 0.396 e. The van der Waals surface area contributed by atoms with E-state index in [1.807, 2.05) is 24.3 Å². The third kappa shape index (κ3) is 13.1. The fourth-order valence-electron chi connectivity index (χ4n) is 5.67. The van der Waals surface area contributed by atoms with Gasteiger partial charge in [0.05, 0.1) is 0 Å². The molecule has 2 fully saturated rings. The van der Waals surface area contributed by atoms with Gasteiger partial charge in [0.1, 0.15) is 0 Å². The zero-order valence-corrected chi connectivity index (χ0v) is 30.9. The summed E-state index contributed by atoms with van der Waals surface area (Å²) < 4.78 is 9.89. The van der Waals surface area contributed by atoms with Gasteiger partial charge in [0.25, 0.3) is 0 Å². The molecule has 0 radical (unpaired) electrons. The molecule has 0 unspecified atom stereocenters. The van der Waals surface area contributed by atoms with Gasteiger partial charge in [-0.1, -0.05) is 72.8 Å². The van der Waals surface area contributed by atoms with Crippen LogP contribution in [0.3, 0.4) is 0 Å². The van der Waals surface area contributed by atoms with Crippen LogP contribution in [-0.2, 0) is 9.47 Å². The number of rotatable bonds is 6. The van der Waals surface area contributed by atoms with Crippen LogP contribution in [0.2, 0.25) is 0 Å². The van der Waals surface area contributed by atoms with Gasteiger partial charge in [0, 0.05) is 89.6 Å². The zero-order chi connectivity index (χ0) is 32.9. The van der Waals surface area contributed by atoms with Crippen LogP contribution in [0.15, 0.2) is 170 Å². The van der Waals surface area contributed by atoms with Gasteiger partial charge >= 0.3 is 0 Å². The van der Waals surface area contributed by atoms with Crippen molar-refractivity contribution in [2.75, 3.05) is 36.0 Å².